The lowest BCUT2D eigenvalue weighted by molar-refractivity contribution is -0.383. The zero-order valence-electron chi connectivity index (χ0n) is 11.2. The molecule has 1 aromatic rings. The molecule has 10 nitrogen and oxygen atoms in total. The van der Waals surface area contributed by atoms with Gasteiger partial charge in [-0.3, -0.25) is 14.9 Å². The van der Waals surface area contributed by atoms with Crippen LogP contribution in [0.2, 0.25) is 0 Å². The fraction of sp³-hybridized carbons (Fsp3) is 0.444. The smallest absolute Gasteiger partial charge is 0.306 e. The summed E-state index contributed by atoms with van der Waals surface area (Å²) < 4.78 is 26.1. The third kappa shape index (κ3) is 3.87. The van der Waals surface area contributed by atoms with E-state index in [0.29, 0.717) is 11.3 Å². The minimum Gasteiger partial charge on any atom is -0.368 e. The van der Waals surface area contributed by atoms with Crippen molar-refractivity contribution < 1.29 is 18.1 Å². The number of nitro groups is 1. The monoisotopic (exact) mass is 337 g/mol. The van der Waals surface area contributed by atoms with Crippen LogP contribution in [0.15, 0.2) is 10.3 Å². The summed E-state index contributed by atoms with van der Waals surface area (Å²) in [5.74, 6) is 3.90. The molecule has 0 aliphatic rings. The molecule has 1 amide bonds. The number of hydrazine groups is 1. The molecule has 0 spiro atoms. The molecule has 118 valence electrons. The Morgan fingerprint density at radius 3 is 2.38 bits per heavy atom. The first-order chi connectivity index (χ1) is 9.60. The van der Waals surface area contributed by atoms with Gasteiger partial charge in [-0.25, -0.2) is 14.3 Å². The van der Waals surface area contributed by atoms with E-state index in [1.807, 2.05) is 0 Å². The number of nitrogens with two attached hydrogens (primary N) is 2. The Balaban J connectivity index is 3.19. The van der Waals surface area contributed by atoms with E-state index in [9.17, 15) is 23.3 Å². The van der Waals surface area contributed by atoms with Crippen LogP contribution in [0.1, 0.15) is 13.8 Å². The third-order valence-corrected chi connectivity index (χ3v) is 5.51. The molecular weight excluding hydrogens is 322 g/mol. The lowest BCUT2D eigenvalue weighted by atomic mass is 10.1. The highest BCUT2D eigenvalue weighted by molar-refractivity contribution is 7.91. The molecule has 0 aliphatic carbocycles. The van der Waals surface area contributed by atoms with Gasteiger partial charge in [0.1, 0.15) is 10.3 Å². The van der Waals surface area contributed by atoms with Gasteiger partial charge in [-0.15, -0.1) is 0 Å². The number of nitrogens with one attached hydrogen (secondary N) is 2. The predicted octanol–water partition coefficient (Wildman–Crippen LogP) is -0.270. The summed E-state index contributed by atoms with van der Waals surface area (Å²) in [6.45, 7) is 3.23. The van der Waals surface area contributed by atoms with E-state index in [0.717, 1.165) is 6.07 Å². The highest BCUT2D eigenvalue weighted by Crippen LogP contribution is 2.36. The number of amides is 1. The molecule has 0 radical (unpaired) electrons. The van der Waals surface area contributed by atoms with Crippen molar-refractivity contribution in [2.24, 2.45) is 17.5 Å². The van der Waals surface area contributed by atoms with Crippen molar-refractivity contribution >= 4 is 38.0 Å². The number of carbonyl (C=O) groups is 1. The van der Waals surface area contributed by atoms with Gasteiger partial charge in [0, 0.05) is 6.07 Å². The standard InChI is InChI=1S/C9H15N5O5S2/c1-4(2)7(8(10)15)13-21(18,19)6-3-5(14(16)17)9(12-11)20-6/h3-4,7,12-13H,11H2,1-2H3,(H2,10,15). The van der Waals surface area contributed by atoms with Crippen LogP contribution in [0.4, 0.5) is 10.7 Å². The van der Waals surface area contributed by atoms with Crippen LogP contribution in [-0.4, -0.2) is 25.3 Å². The fourth-order valence-electron chi connectivity index (χ4n) is 1.48. The Morgan fingerprint density at radius 1 is 1.48 bits per heavy atom. The quantitative estimate of drug-likeness (QED) is 0.301. The molecule has 1 aromatic heterocycles. The number of hydrogen-bond acceptors (Lipinski definition) is 8. The van der Waals surface area contributed by atoms with E-state index in [4.69, 9.17) is 11.6 Å². The topological polar surface area (TPSA) is 170 Å². The summed E-state index contributed by atoms with van der Waals surface area (Å²) in [6, 6.07) is -0.258. The largest absolute Gasteiger partial charge is 0.368 e. The molecule has 1 rings (SSSR count). The van der Waals surface area contributed by atoms with Crippen LogP contribution in [0.5, 0.6) is 0 Å². The van der Waals surface area contributed by atoms with Crippen molar-refractivity contribution in [1.82, 2.24) is 4.72 Å². The van der Waals surface area contributed by atoms with Crippen molar-refractivity contribution in [3.05, 3.63) is 16.2 Å². The van der Waals surface area contributed by atoms with E-state index in [-0.39, 0.29) is 15.1 Å². The Morgan fingerprint density at radius 2 is 2.05 bits per heavy atom. The Kier molecular flexibility index (Phi) is 5.22. The molecule has 1 atom stereocenters. The lowest BCUT2D eigenvalue weighted by Crippen LogP contribution is -2.47. The van der Waals surface area contributed by atoms with Crippen LogP contribution in [-0.2, 0) is 14.8 Å². The van der Waals surface area contributed by atoms with Gasteiger partial charge in [-0.1, -0.05) is 25.2 Å². The summed E-state index contributed by atoms with van der Waals surface area (Å²) >= 11 is 0.580. The summed E-state index contributed by atoms with van der Waals surface area (Å²) in [5, 5.41) is 10.7. The highest BCUT2D eigenvalue weighted by Gasteiger charge is 2.30. The van der Waals surface area contributed by atoms with E-state index < -0.39 is 32.6 Å². The summed E-state index contributed by atoms with van der Waals surface area (Å²) in [7, 11) is -4.13. The molecule has 0 saturated carbocycles. The average molecular weight is 337 g/mol. The molecule has 0 aromatic carbocycles. The first-order valence-electron chi connectivity index (χ1n) is 5.66. The van der Waals surface area contributed by atoms with Gasteiger partial charge in [-0.2, -0.15) is 4.72 Å². The average Bonchev–Trinajstić information content (AvgIpc) is 2.80. The van der Waals surface area contributed by atoms with Gasteiger partial charge in [-0.05, 0) is 5.92 Å². The number of rotatable bonds is 7. The van der Waals surface area contributed by atoms with Gasteiger partial charge in [0.2, 0.25) is 5.91 Å². The fourth-order valence-corrected chi connectivity index (χ4v) is 4.09. The highest BCUT2D eigenvalue weighted by atomic mass is 32.2. The first kappa shape index (κ1) is 17.3. The van der Waals surface area contributed by atoms with Gasteiger partial charge in [0.25, 0.3) is 10.0 Å². The molecule has 12 heteroatoms. The van der Waals surface area contributed by atoms with E-state index >= 15 is 0 Å². The van der Waals surface area contributed by atoms with Crippen molar-refractivity contribution in [1.29, 1.82) is 0 Å². The molecular formula is C9H15N5O5S2. The molecule has 0 fully saturated rings. The number of thiophene rings is 1. The van der Waals surface area contributed by atoms with Gasteiger partial charge >= 0.3 is 5.69 Å². The SMILES string of the molecule is CC(C)C(NS(=O)(=O)c1cc([N+](=O)[O-])c(NN)s1)C(N)=O. The van der Waals surface area contributed by atoms with Crippen molar-refractivity contribution in [2.75, 3.05) is 5.43 Å². The zero-order chi connectivity index (χ0) is 16.4. The number of anilines is 1. The number of primary amides is 1. The van der Waals surface area contributed by atoms with Crippen LogP contribution >= 0.6 is 11.3 Å². The Labute approximate surface area is 124 Å². The van der Waals surface area contributed by atoms with Crippen LogP contribution in [0.25, 0.3) is 0 Å². The molecule has 6 N–H and O–H groups in total. The number of carbonyl (C=O) groups excluding carboxylic acids is 1. The molecule has 0 saturated heterocycles. The molecule has 0 aliphatic heterocycles. The zero-order valence-corrected chi connectivity index (χ0v) is 12.8. The first-order valence-corrected chi connectivity index (χ1v) is 7.96. The molecule has 0 bridgehead atoms. The third-order valence-electron chi connectivity index (χ3n) is 2.54. The van der Waals surface area contributed by atoms with Gasteiger partial charge in [0.05, 0.1) is 4.92 Å². The maximum atomic E-state index is 12.2. The van der Waals surface area contributed by atoms with Gasteiger partial charge in [0.15, 0.2) is 5.00 Å². The number of nitrogen functional groups attached to an aromatic ring is 1. The summed E-state index contributed by atoms with van der Waals surface area (Å²) in [6.07, 6.45) is 0. The van der Waals surface area contributed by atoms with Crippen LogP contribution in [0.3, 0.4) is 0 Å². The number of hydrogen-bond donors (Lipinski definition) is 4. The van der Waals surface area contributed by atoms with E-state index in [1.165, 1.54) is 0 Å². The second-order valence-corrected chi connectivity index (χ2v) is 7.42. The number of sulfonamides is 1. The van der Waals surface area contributed by atoms with Crippen LogP contribution in [0, 0.1) is 16.0 Å². The van der Waals surface area contributed by atoms with E-state index in [1.54, 1.807) is 13.8 Å². The second kappa shape index (κ2) is 6.34. The molecule has 21 heavy (non-hydrogen) atoms. The second-order valence-electron chi connectivity index (χ2n) is 4.43. The number of nitrogens with zero attached hydrogens (tertiary/aromatic N) is 1. The van der Waals surface area contributed by atoms with Crippen molar-refractivity contribution in [3.8, 4) is 0 Å². The maximum absolute atomic E-state index is 12.2. The minimum absolute atomic E-state index is 0.111. The van der Waals surface area contributed by atoms with Crippen molar-refractivity contribution in [2.45, 2.75) is 24.1 Å². The summed E-state index contributed by atoms with van der Waals surface area (Å²) in [4.78, 5) is 21.3. The molecule has 1 heterocycles. The summed E-state index contributed by atoms with van der Waals surface area (Å²) in [5.41, 5.74) is 6.72. The normalized spacial score (nSPS) is 13.1. The van der Waals surface area contributed by atoms with Crippen LogP contribution < -0.4 is 21.7 Å². The van der Waals surface area contributed by atoms with Crippen molar-refractivity contribution in [3.63, 3.8) is 0 Å². The molecule has 1 unspecified atom stereocenters. The Hall–Kier alpha value is -1.76. The van der Waals surface area contributed by atoms with E-state index in [2.05, 4.69) is 10.1 Å². The maximum Gasteiger partial charge on any atom is 0.306 e. The predicted molar refractivity (Wildman–Crippen MR) is 76.9 cm³/mol. The minimum atomic E-state index is -4.13. The lowest BCUT2D eigenvalue weighted by Gasteiger charge is -2.18. The Bertz CT molecular complexity index is 653. The van der Waals surface area contributed by atoms with Gasteiger partial charge < -0.3 is 11.2 Å².